The molecule has 1 aromatic rings. The van der Waals surface area contributed by atoms with Crippen LogP contribution in [0.25, 0.3) is 0 Å². The van der Waals surface area contributed by atoms with E-state index in [9.17, 15) is 5.11 Å². The van der Waals surface area contributed by atoms with Gasteiger partial charge in [0.05, 0.1) is 17.3 Å². The minimum atomic E-state index is 0.118. The van der Waals surface area contributed by atoms with E-state index in [4.69, 9.17) is 17.0 Å². The zero-order valence-corrected chi connectivity index (χ0v) is 14.1. The van der Waals surface area contributed by atoms with E-state index in [-0.39, 0.29) is 5.75 Å². The molecule has 0 bridgehead atoms. The van der Waals surface area contributed by atoms with Gasteiger partial charge >= 0.3 is 0 Å². The minimum absolute atomic E-state index is 0.118. The van der Waals surface area contributed by atoms with Crippen LogP contribution in [0.1, 0.15) is 5.56 Å². The van der Waals surface area contributed by atoms with Crippen LogP contribution in [-0.2, 0) is 4.74 Å². The van der Waals surface area contributed by atoms with Crippen LogP contribution in [0, 0.1) is 0 Å². The van der Waals surface area contributed by atoms with E-state index in [1.54, 1.807) is 19.2 Å². The Kier molecular flexibility index (Phi) is 7.29. The summed E-state index contributed by atoms with van der Waals surface area (Å²) >= 11 is 11.6. The predicted octanol–water partition coefficient (Wildman–Crippen LogP) is 2.36. The van der Waals surface area contributed by atoms with Crippen molar-refractivity contribution in [3.63, 3.8) is 0 Å². The number of hydrogen-bond donors (Lipinski definition) is 3. The number of phenolic OH excluding ortho intramolecular Hbond substituents is 1. The number of nitrogens with one attached hydrogen (secondary N) is 2. The number of hydrazone groups is 1. The topological polar surface area (TPSA) is 65.9 Å². The quantitative estimate of drug-likeness (QED) is 0.301. The van der Waals surface area contributed by atoms with E-state index in [1.165, 1.54) is 6.21 Å². The second-order valence-electron chi connectivity index (χ2n) is 3.44. The fourth-order valence-corrected chi connectivity index (χ4v) is 2.56. The van der Waals surface area contributed by atoms with Gasteiger partial charge in [0, 0.05) is 23.7 Å². The number of benzene rings is 1. The highest BCUT2D eigenvalue weighted by Gasteiger charge is 2.05. The number of ether oxygens (including phenoxy) is 1. The highest BCUT2D eigenvalue weighted by molar-refractivity contribution is 9.11. The Hall–Kier alpha value is -0.700. The van der Waals surface area contributed by atoms with Crippen molar-refractivity contribution in [2.45, 2.75) is 0 Å². The summed E-state index contributed by atoms with van der Waals surface area (Å²) in [6.45, 7) is 1.16. The molecule has 104 valence electrons. The standard InChI is InChI=1S/C11H13Br2N3O2S/c1-18-3-2-14-11(19)16-15-6-7-4-8(12)5-9(13)10(7)17/h4-6,17H,2-3H2,1H3,(H2,14,16,19)/b15-6+. The third kappa shape index (κ3) is 5.85. The van der Waals surface area contributed by atoms with Gasteiger partial charge in [0.25, 0.3) is 0 Å². The maximum atomic E-state index is 9.81. The molecular weight excluding hydrogens is 398 g/mol. The van der Waals surface area contributed by atoms with Crippen LogP contribution in [0.3, 0.4) is 0 Å². The lowest BCUT2D eigenvalue weighted by atomic mass is 10.2. The molecule has 0 aliphatic carbocycles. The summed E-state index contributed by atoms with van der Waals surface area (Å²) in [5, 5.41) is 17.0. The zero-order chi connectivity index (χ0) is 14.3. The molecule has 0 aliphatic heterocycles. The SMILES string of the molecule is COCCNC(=S)N/N=C/c1cc(Br)cc(Br)c1O. The van der Waals surface area contributed by atoms with Gasteiger partial charge in [-0.25, -0.2) is 0 Å². The Labute approximate surface area is 133 Å². The van der Waals surface area contributed by atoms with Crippen molar-refractivity contribution in [2.24, 2.45) is 5.10 Å². The van der Waals surface area contributed by atoms with Gasteiger partial charge in [-0.15, -0.1) is 0 Å². The van der Waals surface area contributed by atoms with Crippen LogP contribution >= 0.6 is 44.1 Å². The normalized spacial score (nSPS) is 10.7. The van der Waals surface area contributed by atoms with Crippen molar-refractivity contribution in [3.8, 4) is 5.75 Å². The number of phenols is 1. The number of halogens is 2. The number of aromatic hydroxyl groups is 1. The highest BCUT2D eigenvalue weighted by Crippen LogP contribution is 2.30. The molecule has 8 heteroatoms. The molecule has 0 saturated heterocycles. The molecule has 19 heavy (non-hydrogen) atoms. The Morgan fingerprint density at radius 1 is 1.53 bits per heavy atom. The van der Waals surface area contributed by atoms with Crippen molar-refractivity contribution in [1.82, 2.24) is 10.7 Å². The Morgan fingerprint density at radius 3 is 2.95 bits per heavy atom. The lowest BCUT2D eigenvalue weighted by Gasteiger charge is -2.06. The van der Waals surface area contributed by atoms with Crippen molar-refractivity contribution < 1.29 is 9.84 Å². The van der Waals surface area contributed by atoms with E-state index >= 15 is 0 Å². The average Bonchev–Trinajstić information content (AvgIpc) is 2.35. The lowest BCUT2D eigenvalue weighted by Crippen LogP contribution is -2.34. The van der Waals surface area contributed by atoms with Crippen LogP contribution < -0.4 is 10.7 Å². The molecule has 0 unspecified atom stereocenters. The molecule has 0 heterocycles. The van der Waals surface area contributed by atoms with E-state index < -0.39 is 0 Å². The first-order chi connectivity index (χ1) is 9.04. The fourth-order valence-electron chi connectivity index (χ4n) is 1.15. The summed E-state index contributed by atoms with van der Waals surface area (Å²) < 4.78 is 6.30. The maximum absolute atomic E-state index is 9.81. The summed E-state index contributed by atoms with van der Waals surface area (Å²) in [7, 11) is 1.62. The molecule has 5 nitrogen and oxygen atoms in total. The van der Waals surface area contributed by atoms with Crippen LogP contribution in [0.15, 0.2) is 26.2 Å². The number of methoxy groups -OCH3 is 1. The number of thiocarbonyl (C=S) groups is 1. The van der Waals surface area contributed by atoms with Gasteiger partial charge in [0.15, 0.2) is 5.11 Å². The predicted molar refractivity (Wildman–Crippen MR) is 86.7 cm³/mol. The molecule has 0 atom stereocenters. The molecule has 0 aromatic heterocycles. The van der Waals surface area contributed by atoms with Crippen LogP contribution in [-0.4, -0.2) is 36.7 Å². The molecule has 0 radical (unpaired) electrons. The fraction of sp³-hybridized carbons (Fsp3) is 0.273. The molecule has 1 rings (SSSR count). The summed E-state index contributed by atoms with van der Waals surface area (Å²) in [4.78, 5) is 0. The molecule has 0 spiro atoms. The lowest BCUT2D eigenvalue weighted by molar-refractivity contribution is 0.204. The Bertz CT molecular complexity index is 483. The van der Waals surface area contributed by atoms with Gasteiger partial charge in [0.1, 0.15) is 5.75 Å². The van der Waals surface area contributed by atoms with E-state index in [0.717, 1.165) is 4.47 Å². The largest absolute Gasteiger partial charge is 0.506 e. The average molecular weight is 411 g/mol. The zero-order valence-electron chi connectivity index (χ0n) is 10.1. The van der Waals surface area contributed by atoms with Crippen molar-refractivity contribution in [1.29, 1.82) is 0 Å². The smallest absolute Gasteiger partial charge is 0.187 e. The molecule has 0 fully saturated rings. The van der Waals surface area contributed by atoms with E-state index in [0.29, 0.717) is 28.3 Å². The van der Waals surface area contributed by atoms with Crippen molar-refractivity contribution in [3.05, 3.63) is 26.6 Å². The van der Waals surface area contributed by atoms with Crippen molar-refractivity contribution in [2.75, 3.05) is 20.3 Å². The maximum Gasteiger partial charge on any atom is 0.187 e. The summed E-state index contributed by atoms with van der Waals surface area (Å²) in [6, 6.07) is 3.49. The van der Waals surface area contributed by atoms with Gasteiger partial charge in [-0.2, -0.15) is 5.10 Å². The molecule has 1 aromatic carbocycles. The van der Waals surface area contributed by atoms with Gasteiger partial charge in [0.2, 0.25) is 0 Å². The van der Waals surface area contributed by atoms with Crippen molar-refractivity contribution >= 4 is 55.4 Å². The van der Waals surface area contributed by atoms with Gasteiger partial charge < -0.3 is 15.2 Å². The minimum Gasteiger partial charge on any atom is -0.506 e. The van der Waals surface area contributed by atoms with E-state index in [1.807, 2.05) is 0 Å². The Balaban J connectivity index is 2.55. The van der Waals surface area contributed by atoms with Gasteiger partial charge in [-0.3, -0.25) is 5.43 Å². The molecule has 0 aliphatic rings. The van der Waals surface area contributed by atoms with Crippen LogP contribution in [0.5, 0.6) is 5.75 Å². The third-order valence-electron chi connectivity index (χ3n) is 2.02. The molecule has 0 amide bonds. The second kappa shape index (κ2) is 8.47. The second-order valence-corrected chi connectivity index (χ2v) is 5.62. The number of nitrogens with zero attached hydrogens (tertiary/aromatic N) is 1. The van der Waals surface area contributed by atoms with E-state index in [2.05, 4.69) is 47.7 Å². The van der Waals surface area contributed by atoms with Crippen LogP contribution in [0.2, 0.25) is 0 Å². The third-order valence-corrected chi connectivity index (χ3v) is 3.32. The summed E-state index contributed by atoms with van der Waals surface area (Å²) in [6.07, 6.45) is 1.48. The first-order valence-corrected chi connectivity index (χ1v) is 7.28. The molecule has 3 N–H and O–H groups in total. The van der Waals surface area contributed by atoms with Crippen LogP contribution in [0.4, 0.5) is 0 Å². The summed E-state index contributed by atoms with van der Waals surface area (Å²) in [5.74, 6) is 0.118. The molecule has 0 saturated carbocycles. The van der Waals surface area contributed by atoms with Gasteiger partial charge in [-0.05, 0) is 40.3 Å². The monoisotopic (exact) mass is 409 g/mol. The van der Waals surface area contributed by atoms with Gasteiger partial charge in [-0.1, -0.05) is 15.9 Å². The number of hydrogen-bond acceptors (Lipinski definition) is 4. The summed E-state index contributed by atoms with van der Waals surface area (Å²) in [5.41, 5.74) is 3.21. The molecular formula is C11H13Br2N3O2S. The highest BCUT2D eigenvalue weighted by atomic mass is 79.9. The first-order valence-electron chi connectivity index (χ1n) is 5.28. The Morgan fingerprint density at radius 2 is 2.26 bits per heavy atom. The first kappa shape index (κ1) is 16.4. The number of rotatable bonds is 5.